The normalized spacial score (nSPS) is 14.3. The summed E-state index contributed by atoms with van der Waals surface area (Å²) in [4.78, 5) is 10.4. The number of para-hydroxylation sites is 8. The van der Waals surface area contributed by atoms with Crippen molar-refractivity contribution in [2.24, 2.45) is 0 Å². The molecule has 10 aromatic carbocycles. The topological polar surface area (TPSA) is 22.8 Å². The number of rotatable bonds is 6. The third kappa shape index (κ3) is 6.65. The van der Waals surface area contributed by atoms with Crippen LogP contribution < -0.4 is 19.6 Å². The summed E-state index contributed by atoms with van der Waals surface area (Å²) in [7, 11) is 0. The number of nitrogens with zero attached hydrogens (tertiary/aromatic N) is 6. The van der Waals surface area contributed by atoms with Crippen molar-refractivity contribution in [3.63, 3.8) is 0 Å². The van der Waals surface area contributed by atoms with Gasteiger partial charge in [-0.25, -0.2) is 0 Å². The maximum atomic E-state index is 2.61. The van der Waals surface area contributed by atoms with Crippen molar-refractivity contribution >= 4 is 89.1 Å². The first-order valence-corrected chi connectivity index (χ1v) is 26.3. The van der Waals surface area contributed by atoms with E-state index in [-0.39, 0.29) is 10.8 Å². The summed E-state index contributed by atoms with van der Waals surface area (Å²) >= 11 is 0. The Morgan fingerprint density at radius 2 is 0.520 bits per heavy atom. The Labute approximate surface area is 439 Å². The molecule has 0 radical (unpaired) electrons. The van der Waals surface area contributed by atoms with Crippen molar-refractivity contribution in [3.8, 4) is 11.4 Å². The molecule has 12 aromatic rings. The Morgan fingerprint density at radius 1 is 0.253 bits per heavy atom. The molecule has 6 heteroatoms. The third-order valence-corrected chi connectivity index (χ3v) is 15.8. The van der Waals surface area contributed by atoms with Crippen molar-refractivity contribution in [2.45, 2.75) is 58.3 Å². The third-order valence-electron chi connectivity index (χ3n) is 15.8. The molecule has 2 aliphatic heterocycles. The van der Waals surface area contributed by atoms with Gasteiger partial charge in [0.25, 0.3) is 5.91 Å². The smallest absolute Gasteiger partial charge is 0.295 e. The summed E-state index contributed by atoms with van der Waals surface area (Å²) in [6.07, 6.45) is 0. The standard InChI is InChI=1S/C69H58N6/c1-67(2,3)47-37-41-49(42-38-47)72-63-33-15-16-34-64(63)73(50-43-39-48(40-44-50)68(4,5)6)69(72)74(53-23-19-21-51(45-53)70-59-29-11-7-25-55(59)56-26-8-12-30-60(56)70)65-35-17-18-36-66(65)75(69)54-24-20-22-52(46-54)71-61-31-13-9-27-57(61)58-28-10-14-32-62(58)71/h7-46H,1-6H3. The lowest BCUT2D eigenvalue weighted by Crippen LogP contribution is -2.70. The molecule has 0 N–H and O–H groups in total. The van der Waals surface area contributed by atoms with E-state index in [1.165, 1.54) is 54.7 Å². The molecule has 0 fully saturated rings. The minimum atomic E-state index is -1.15. The van der Waals surface area contributed by atoms with Crippen molar-refractivity contribution in [1.29, 1.82) is 0 Å². The highest BCUT2D eigenvalue weighted by Crippen LogP contribution is 2.64. The van der Waals surface area contributed by atoms with Gasteiger partial charge in [0, 0.05) is 55.7 Å². The molecule has 0 aliphatic carbocycles. The SMILES string of the molecule is CC(C)(C)c1ccc(N2c3ccccc3N(c3ccc(C(C)(C)C)cc3)C23N(c2cccc(-n4c5ccccc5c5ccccc54)c2)c2ccccc2N3c2cccc(-n3c4ccccc4c4ccccc43)c2)cc1. The van der Waals surface area contributed by atoms with Gasteiger partial charge < -0.3 is 9.13 Å². The molecule has 1 spiro atoms. The predicted molar refractivity (Wildman–Crippen MR) is 316 cm³/mol. The van der Waals surface area contributed by atoms with Gasteiger partial charge >= 0.3 is 0 Å². The minimum Gasteiger partial charge on any atom is -0.309 e. The van der Waals surface area contributed by atoms with Crippen LogP contribution in [-0.4, -0.2) is 15.0 Å². The molecule has 0 atom stereocenters. The van der Waals surface area contributed by atoms with Gasteiger partial charge in [0.15, 0.2) is 0 Å². The van der Waals surface area contributed by atoms with Gasteiger partial charge in [0.1, 0.15) is 0 Å². The van der Waals surface area contributed by atoms with Crippen LogP contribution in [0.5, 0.6) is 0 Å². The highest BCUT2D eigenvalue weighted by molar-refractivity contribution is 6.11. The molecular formula is C69H58N6. The largest absolute Gasteiger partial charge is 0.309 e. The van der Waals surface area contributed by atoms with Crippen LogP contribution in [0.3, 0.4) is 0 Å². The van der Waals surface area contributed by atoms with Gasteiger partial charge in [-0.2, -0.15) is 0 Å². The molecule has 0 amide bonds. The van der Waals surface area contributed by atoms with Gasteiger partial charge in [0.05, 0.1) is 44.8 Å². The van der Waals surface area contributed by atoms with E-state index in [0.29, 0.717) is 0 Å². The predicted octanol–water partition coefficient (Wildman–Crippen LogP) is 18.4. The Morgan fingerprint density at radius 3 is 0.827 bits per heavy atom. The van der Waals surface area contributed by atoms with E-state index in [0.717, 1.165) is 56.9 Å². The molecule has 0 unspecified atom stereocenters. The molecular weight excluding hydrogens is 913 g/mol. The highest BCUT2D eigenvalue weighted by Gasteiger charge is 2.64. The summed E-state index contributed by atoms with van der Waals surface area (Å²) in [5, 5.41) is 4.93. The Kier molecular flexibility index (Phi) is 9.83. The number of aromatic nitrogens is 2. The van der Waals surface area contributed by atoms with Crippen LogP contribution in [0.4, 0.5) is 45.5 Å². The molecule has 4 heterocycles. The second-order valence-corrected chi connectivity index (χ2v) is 22.3. The van der Waals surface area contributed by atoms with E-state index in [1.54, 1.807) is 0 Å². The van der Waals surface area contributed by atoms with Crippen LogP contribution in [0.15, 0.2) is 243 Å². The molecule has 75 heavy (non-hydrogen) atoms. The fourth-order valence-electron chi connectivity index (χ4n) is 12.3. The molecule has 0 saturated carbocycles. The lowest BCUT2D eigenvalue weighted by molar-refractivity contribution is 0.479. The number of hydrogen-bond acceptors (Lipinski definition) is 4. The zero-order valence-electron chi connectivity index (χ0n) is 43.3. The van der Waals surface area contributed by atoms with Gasteiger partial charge in [-0.3, -0.25) is 19.6 Å². The molecule has 6 nitrogen and oxygen atoms in total. The fourth-order valence-corrected chi connectivity index (χ4v) is 12.3. The zero-order chi connectivity index (χ0) is 50.8. The molecule has 2 aliphatic rings. The first-order chi connectivity index (χ1) is 36.5. The van der Waals surface area contributed by atoms with Crippen LogP contribution in [0.2, 0.25) is 0 Å². The molecule has 364 valence electrons. The maximum absolute atomic E-state index is 2.61. The molecule has 14 rings (SSSR count). The summed E-state index contributed by atoms with van der Waals surface area (Å²) in [6.45, 7) is 13.8. The minimum absolute atomic E-state index is 0.0396. The van der Waals surface area contributed by atoms with Crippen LogP contribution in [-0.2, 0) is 10.8 Å². The van der Waals surface area contributed by atoms with Crippen LogP contribution >= 0.6 is 0 Å². The van der Waals surface area contributed by atoms with E-state index in [4.69, 9.17) is 0 Å². The highest BCUT2D eigenvalue weighted by atomic mass is 15.8. The van der Waals surface area contributed by atoms with E-state index in [9.17, 15) is 0 Å². The second kappa shape index (κ2) is 16.5. The number of hydrogen-bond donors (Lipinski definition) is 0. The van der Waals surface area contributed by atoms with Gasteiger partial charge in [0.2, 0.25) is 0 Å². The Hall–Kier alpha value is -9.00. The average molecular weight is 971 g/mol. The van der Waals surface area contributed by atoms with Crippen molar-refractivity contribution in [3.05, 3.63) is 254 Å². The number of anilines is 8. The van der Waals surface area contributed by atoms with Crippen LogP contribution in [0.25, 0.3) is 55.0 Å². The lowest BCUT2D eigenvalue weighted by atomic mass is 9.87. The molecule has 2 aromatic heterocycles. The Balaban J connectivity index is 1.10. The first kappa shape index (κ1) is 44.7. The van der Waals surface area contributed by atoms with Crippen LogP contribution in [0.1, 0.15) is 52.7 Å². The van der Waals surface area contributed by atoms with E-state index in [2.05, 4.69) is 313 Å². The van der Waals surface area contributed by atoms with E-state index >= 15 is 0 Å². The van der Waals surface area contributed by atoms with Crippen LogP contribution in [0, 0.1) is 0 Å². The van der Waals surface area contributed by atoms with Gasteiger partial charge in [-0.15, -0.1) is 0 Å². The Bertz CT molecular complexity index is 3810. The average Bonchev–Trinajstić information content (AvgIpc) is 4.20. The summed E-state index contributed by atoms with van der Waals surface area (Å²) < 4.78 is 4.87. The summed E-state index contributed by atoms with van der Waals surface area (Å²) in [6, 6.07) is 90.3. The monoisotopic (exact) mass is 970 g/mol. The van der Waals surface area contributed by atoms with Gasteiger partial charge in [-0.1, -0.05) is 175 Å². The maximum Gasteiger partial charge on any atom is 0.295 e. The molecule has 0 saturated heterocycles. The number of fused-ring (bicyclic) bond motifs is 8. The van der Waals surface area contributed by atoms with E-state index in [1.807, 2.05) is 0 Å². The van der Waals surface area contributed by atoms with Crippen molar-refractivity contribution in [1.82, 2.24) is 9.13 Å². The summed E-state index contributed by atoms with van der Waals surface area (Å²) in [5.41, 5.74) is 17.9. The zero-order valence-corrected chi connectivity index (χ0v) is 43.3. The van der Waals surface area contributed by atoms with Gasteiger partial charge in [-0.05, 0) is 131 Å². The van der Waals surface area contributed by atoms with E-state index < -0.39 is 5.91 Å². The first-order valence-electron chi connectivity index (χ1n) is 26.3. The van der Waals surface area contributed by atoms with Crippen molar-refractivity contribution in [2.75, 3.05) is 19.6 Å². The second-order valence-electron chi connectivity index (χ2n) is 22.3. The lowest BCUT2D eigenvalue weighted by Gasteiger charge is -2.53. The van der Waals surface area contributed by atoms with Crippen molar-refractivity contribution < 1.29 is 0 Å². The quantitative estimate of drug-likeness (QED) is 0.166. The summed E-state index contributed by atoms with van der Waals surface area (Å²) in [5.74, 6) is -1.15. The molecule has 0 bridgehead atoms. The number of benzene rings is 10. The fraction of sp³-hybridized carbons (Fsp3) is 0.130.